The van der Waals surface area contributed by atoms with Crippen LogP contribution in [-0.4, -0.2) is 41.2 Å². The number of likely N-dealkylation sites (tertiary alicyclic amines) is 1. The first-order valence-electron chi connectivity index (χ1n) is 7.85. The number of nitrogens with zero attached hydrogens (tertiary/aromatic N) is 2. The fraction of sp³-hybridized carbons (Fsp3) is 0.444. The highest BCUT2D eigenvalue weighted by atomic mass is 16.2. The van der Waals surface area contributed by atoms with Crippen LogP contribution in [-0.2, 0) is 4.79 Å². The first kappa shape index (κ1) is 14.8. The summed E-state index contributed by atoms with van der Waals surface area (Å²) in [5.41, 5.74) is 2.11. The number of carbonyl (C=O) groups is 2. The van der Waals surface area contributed by atoms with Gasteiger partial charge in [-0.3, -0.25) is 14.5 Å². The Balaban J connectivity index is 1.73. The molecule has 0 radical (unpaired) electrons. The summed E-state index contributed by atoms with van der Waals surface area (Å²) in [5.74, 6) is 0.928. The molecule has 0 aliphatic carbocycles. The minimum Gasteiger partial charge on any atom is -0.341 e. The lowest BCUT2D eigenvalue weighted by Crippen LogP contribution is -2.46. The van der Waals surface area contributed by atoms with Gasteiger partial charge in [0.15, 0.2) is 0 Å². The van der Waals surface area contributed by atoms with E-state index < -0.39 is 0 Å². The SMILES string of the molecule is C=C1c2ccccc2C(=O)N1CC(=O)N1CC(C)CC(C)C1. The third kappa shape index (κ3) is 2.54. The monoisotopic (exact) mass is 298 g/mol. The molecule has 4 heteroatoms. The Kier molecular flexibility index (Phi) is 3.77. The van der Waals surface area contributed by atoms with Gasteiger partial charge in [0.25, 0.3) is 5.91 Å². The molecule has 2 aliphatic heterocycles. The quantitative estimate of drug-likeness (QED) is 0.842. The van der Waals surface area contributed by atoms with Crippen molar-refractivity contribution < 1.29 is 9.59 Å². The molecule has 1 aromatic rings. The normalized spacial score (nSPS) is 24.6. The number of fused-ring (bicyclic) bond motifs is 1. The number of benzene rings is 1. The van der Waals surface area contributed by atoms with Crippen LogP contribution in [0.2, 0.25) is 0 Å². The zero-order valence-electron chi connectivity index (χ0n) is 13.2. The first-order chi connectivity index (χ1) is 10.5. The maximum absolute atomic E-state index is 12.6. The molecule has 116 valence electrons. The summed E-state index contributed by atoms with van der Waals surface area (Å²) in [6.45, 7) is 9.99. The number of hydrogen-bond acceptors (Lipinski definition) is 2. The van der Waals surface area contributed by atoms with Crippen LogP contribution in [0.25, 0.3) is 5.70 Å². The van der Waals surface area contributed by atoms with E-state index in [1.807, 2.05) is 23.1 Å². The maximum atomic E-state index is 12.6. The topological polar surface area (TPSA) is 40.6 Å². The van der Waals surface area contributed by atoms with Crippen molar-refractivity contribution in [1.29, 1.82) is 0 Å². The third-order valence-electron chi connectivity index (χ3n) is 4.55. The summed E-state index contributed by atoms with van der Waals surface area (Å²) >= 11 is 0. The van der Waals surface area contributed by atoms with Crippen LogP contribution < -0.4 is 0 Å². The average Bonchev–Trinajstić information content (AvgIpc) is 2.72. The van der Waals surface area contributed by atoms with Crippen molar-refractivity contribution >= 4 is 17.5 Å². The van der Waals surface area contributed by atoms with Crippen molar-refractivity contribution in [3.8, 4) is 0 Å². The molecule has 2 aliphatic rings. The van der Waals surface area contributed by atoms with E-state index in [9.17, 15) is 9.59 Å². The van der Waals surface area contributed by atoms with Crippen LogP contribution >= 0.6 is 0 Å². The Hall–Kier alpha value is -2.10. The van der Waals surface area contributed by atoms with E-state index in [1.165, 1.54) is 4.90 Å². The Bertz CT molecular complexity index is 593. The Morgan fingerprint density at radius 1 is 1.18 bits per heavy atom. The molecule has 0 aromatic heterocycles. The smallest absolute Gasteiger partial charge is 0.259 e. The van der Waals surface area contributed by atoms with Crippen molar-refractivity contribution in [3.63, 3.8) is 0 Å². The molecular weight excluding hydrogens is 276 g/mol. The second-order valence-corrected chi connectivity index (χ2v) is 6.63. The lowest BCUT2D eigenvalue weighted by atomic mass is 9.92. The molecule has 4 nitrogen and oxygen atoms in total. The summed E-state index contributed by atoms with van der Waals surface area (Å²) in [6.07, 6.45) is 1.16. The van der Waals surface area contributed by atoms with Crippen LogP contribution in [0.4, 0.5) is 0 Å². The highest BCUT2D eigenvalue weighted by molar-refractivity contribution is 6.10. The second kappa shape index (κ2) is 5.59. The van der Waals surface area contributed by atoms with Gasteiger partial charge in [-0.15, -0.1) is 0 Å². The molecule has 2 amide bonds. The molecule has 2 heterocycles. The Morgan fingerprint density at radius 2 is 1.77 bits per heavy atom. The average molecular weight is 298 g/mol. The van der Waals surface area contributed by atoms with Gasteiger partial charge < -0.3 is 4.90 Å². The van der Waals surface area contributed by atoms with Gasteiger partial charge in [-0.1, -0.05) is 38.6 Å². The molecule has 22 heavy (non-hydrogen) atoms. The van der Waals surface area contributed by atoms with Gasteiger partial charge in [-0.05, 0) is 24.3 Å². The molecule has 1 saturated heterocycles. The second-order valence-electron chi connectivity index (χ2n) is 6.63. The maximum Gasteiger partial charge on any atom is 0.259 e. The number of piperidine rings is 1. The number of hydrogen-bond donors (Lipinski definition) is 0. The van der Waals surface area contributed by atoms with Crippen LogP contribution in [0.15, 0.2) is 30.8 Å². The molecule has 1 fully saturated rings. The van der Waals surface area contributed by atoms with Crippen LogP contribution in [0.1, 0.15) is 36.2 Å². The van der Waals surface area contributed by atoms with Crippen molar-refractivity contribution in [2.24, 2.45) is 11.8 Å². The highest BCUT2D eigenvalue weighted by Crippen LogP contribution is 2.31. The van der Waals surface area contributed by atoms with Gasteiger partial charge in [0, 0.05) is 29.9 Å². The lowest BCUT2D eigenvalue weighted by molar-refractivity contribution is -0.133. The fourth-order valence-corrected chi connectivity index (χ4v) is 3.60. The first-order valence-corrected chi connectivity index (χ1v) is 7.85. The molecule has 3 rings (SSSR count). The zero-order chi connectivity index (χ0) is 15.9. The van der Waals surface area contributed by atoms with E-state index in [-0.39, 0.29) is 18.4 Å². The standard InChI is InChI=1S/C18H22N2O2/c1-12-8-13(2)10-19(9-12)17(21)11-20-14(3)15-6-4-5-7-16(15)18(20)22/h4-7,12-13H,3,8-11H2,1-2H3. The molecule has 2 atom stereocenters. The highest BCUT2D eigenvalue weighted by Gasteiger charge is 2.34. The summed E-state index contributed by atoms with van der Waals surface area (Å²) in [4.78, 5) is 28.4. The van der Waals surface area contributed by atoms with E-state index in [4.69, 9.17) is 0 Å². The molecular formula is C18H22N2O2. The Morgan fingerprint density at radius 3 is 2.36 bits per heavy atom. The van der Waals surface area contributed by atoms with E-state index in [2.05, 4.69) is 20.4 Å². The molecule has 0 bridgehead atoms. The van der Waals surface area contributed by atoms with Crippen molar-refractivity contribution in [2.75, 3.05) is 19.6 Å². The fourth-order valence-electron chi connectivity index (χ4n) is 3.60. The van der Waals surface area contributed by atoms with E-state index in [0.29, 0.717) is 23.1 Å². The lowest BCUT2D eigenvalue weighted by Gasteiger charge is -2.35. The van der Waals surface area contributed by atoms with Crippen molar-refractivity contribution in [3.05, 3.63) is 42.0 Å². The van der Waals surface area contributed by atoms with Crippen molar-refractivity contribution in [2.45, 2.75) is 20.3 Å². The zero-order valence-corrected chi connectivity index (χ0v) is 13.2. The third-order valence-corrected chi connectivity index (χ3v) is 4.55. The predicted molar refractivity (Wildman–Crippen MR) is 86.0 cm³/mol. The summed E-state index contributed by atoms with van der Waals surface area (Å²) in [5, 5.41) is 0. The molecule has 2 unspecified atom stereocenters. The van der Waals surface area contributed by atoms with E-state index in [1.54, 1.807) is 6.07 Å². The molecule has 0 saturated carbocycles. The van der Waals surface area contributed by atoms with Gasteiger partial charge in [-0.2, -0.15) is 0 Å². The Labute approximate surface area is 131 Å². The van der Waals surface area contributed by atoms with Gasteiger partial charge in [0.05, 0.1) is 0 Å². The van der Waals surface area contributed by atoms with E-state index >= 15 is 0 Å². The summed E-state index contributed by atoms with van der Waals surface area (Å²) in [6, 6.07) is 7.39. The largest absolute Gasteiger partial charge is 0.341 e. The minimum atomic E-state index is -0.118. The molecule has 1 aromatic carbocycles. The van der Waals surface area contributed by atoms with Crippen molar-refractivity contribution in [1.82, 2.24) is 9.80 Å². The molecule has 0 N–H and O–H groups in total. The number of amides is 2. The van der Waals surface area contributed by atoms with Gasteiger partial charge in [0.2, 0.25) is 5.91 Å². The van der Waals surface area contributed by atoms with E-state index in [0.717, 1.165) is 25.1 Å². The van der Waals surface area contributed by atoms with Gasteiger partial charge in [0.1, 0.15) is 6.54 Å². The van der Waals surface area contributed by atoms with Crippen LogP contribution in [0.3, 0.4) is 0 Å². The van der Waals surface area contributed by atoms with Crippen LogP contribution in [0.5, 0.6) is 0 Å². The predicted octanol–water partition coefficient (Wildman–Crippen LogP) is 2.62. The minimum absolute atomic E-state index is 0.0145. The van der Waals surface area contributed by atoms with Gasteiger partial charge >= 0.3 is 0 Å². The summed E-state index contributed by atoms with van der Waals surface area (Å²) in [7, 11) is 0. The number of carbonyl (C=O) groups excluding carboxylic acids is 2. The molecule has 0 spiro atoms. The number of rotatable bonds is 2. The van der Waals surface area contributed by atoms with Gasteiger partial charge in [-0.25, -0.2) is 0 Å². The van der Waals surface area contributed by atoms with Crippen LogP contribution in [0, 0.1) is 11.8 Å². The summed E-state index contributed by atoms with van der Waals surface area (Å²) < 4.78 is 0.